The molecule has 0 radical (unpaired) electrons. The van der Waals surface area contributed by atoms with E-state index in [1.165, 1.54) is 5.70 Å². The molecule has 3 rings (SSSR count). The van der Waals surface area contributed by atoms with Gasteiger partial charge in [-0.3, -0.25) is 4.79 Å². The molecule has 0 saturated carbocycles. The average Bonchev–Trinajstić information content (AvgIpc) is 3.03. The van der Waals surface area contributed by atoms with Crippen LogP contribution in [0.3, 0.4) is 0 Å². The third-order valence-corrected chi connectivity index (χ3v) is 5.16. The van der Waals surface area contributed by atoms with Gasteiger partial charge < -0.3 is 14.4 Å². The van der Waals surface area contributed by atoms with Crippen LogP contribution in [-0.2, 0) is 19.1 Å². The molecule has 5 nitrogen and oxygen atoms in total. The predicted octanol–water partition coefficient (Wildman–Crippen LogP) is 2.88. The summed E-state index contributed by atoms with van der Waals surface area (Å²) in [5.41, 5.74) is 2.10. The van der Waals surface area contributed by atoms with E-state index >= 15 is 0 Å². The fraction of sp³-hybridized carbons (Fsp3) is 0.579. The quantitative estimate of drug-likeness (QED) is 0.573. The van der Waals surface area contributed by atoms with Crippen LogP contribution in [0.5, 0.6) is 0 Å². The molecule has 5 heteroatoms. The molecule has 1 atom stereocenters. The summed E-state index contributed by atoms with van der Waals surface area (Å²) in [6, 6.07) is 0. The number of nitrogens with zero attached hydrogens (tertiary/aromatic N) is 1. The van der Waals surface area contributed by atoms with E-state index in [4.69, 9.17) is 9.47 Å². The maximum atomic E-state index is 12.5. The molecule has 0 aromatic carbocycles. The van der Waals surface area contributed by atoms with Gasteiger partial charge in [-0.15, -0.1) is 0 Å². The summed E-state index contributed by atoms with van der Waals surface area (Å²) >= 11 is 0. The minimum atomic E-state index is -0.685. The van der Waals surface area contributed by atoms with Gasteiger partial charge in [0.25, 0.3) is 0 Å². The molecule has 0 bridgehead atoms. The largest absolute Gasteiger partial charge is 0.424 e. The first-order chi connectivity index (χ1) is 11.4. The third kappa shape index (κ3) is 3.05. The molecule has 1 unspecified atom stereocenters. The number of ether oxygens (including phenoxy) is 2. The van der Waals surface area contributed by atoms with Crippen molar-refractivity contribution in [2.45, 2.75) is 51.6 Å². The normalized spacial score (nSPS) is 28.5. The summed E-state index contributed by atoms with van der Waals surface area (Å²) in [6.45, 7) is 5.55. The predicted molar refractivity (Wildman–Crippen MR) is 90.0 cm³/mol. The molecule has 0 fully saturated rings. The summed E-state index contributed by atoms with van der Waals surface area (Å²) in [5.74, 6) is 0.555. The molecule has 0 spiro atoms. The van der Waals surface area contributed by atoms with Crippen LogP contribution in [0.1, 0.15) is 46.0 Å². The highest BCUT2D eigenvalue weighted by Gasteiger charge is 2.45. The molecule has 0 aromatic heterocycles. The summed E-state index contributed by atoms with van der Waals surface area (Å²) in [6.07, 6.45) is 8.12. The minimum absolute atomic E-state index is 0.158. The Morgan fingerprint density at radius 1 is 1.42 bits per heavy atom. The van der Waals surface area contributed by atoms with Gasteiger partial charge in [0.15, 0.2) is 5.78 Å². The lowest BCUT2D eigenvalue weighted by Gasteiger charge is -2.31. The Morgan fingerprint density at radius 2 is 2.21 bits per heavy atom. The van der Waals surface area contributed by atoms with E-state index in [0.717, 1.165) is 44.3 Å². The molecule has 0 N–H and O–H groups in total. The standard InChI is InChI=1S/C19H25NO4/c1-13-11-14(24-18(13)22)7-4-5-9-20-10-6-8-15-16(20)12-19(2,23-3)17(15)21/h7,11H,4-6,8-10,12H2,1-3H3. The molecular weight excluding hydrogens is 306 g/mol. The molecule has 0 saturated heterocycles. The van der Waals surface area contributed by atoms with Gasteiger partial charge in [-0.05, 0) is 51.7 Å². The van der Waals surface area contributed by atoms with Crippen molar-refractivity contribution in [3.8, 4) is 0 Å². The maximum absolute atomic E-state index is 12.5. The maximum Gasteiger partial charge on any atom is 0.339 e. The van der Waals surface area contributed by atoms with Crippen LogP contribution in [0, 0.1) is 0 Å². The number of methoxy groups -OCH3 is 1. The average molecular weight is 331 g/mol. The van der Waals surface area contributed by atoms with Gasteiger partial charge in [0, 0.05) is 43.5 Å². The topological polar surface area (TPSA) is 55.8 Å². The molecule has 0 aromatic rings. The summed E-state index contributed by atoms with van der Waals surface area (Å²) in [5, 5.41) is 0. The first kappa shape index (κ1) is 17.0. The molecule has 1 aliphatic carbocycles. The zero-order valence-electron chi connectivity index (χ0n) is 14.7. The minimum Gasteiger partial charge on any atom is -0.424 e. The van der Waals surface area contributed by atoms with Crippen LogP contribution >= 0.6 is 0 Å². The van der Waals surface area contributed by atoms with Crippen molar-refractivity contribution in [3.63, 3.8) is 0 Å². The monoisotopic (exact) mass is 331 g/mol. The molecule has 2 aliphatic heterocycles. The smallest absolute Gasteiger partial charge is 0.339 e. The van der Waals surface area contributed by atoms with Crippen molar-refractivity contribution in [3.05, 3.63) is 34.8 Å². The van der Waals surface area contributed by atoms with E-state index in [2.05, 4.69) is 4.90 Å². The van der Waals surface area contributed by atoms with Gasteiger partial charge >= 0.3 is 5.97 Å². The molecule has 3 aliphatic rings. The third-order valence-electron chi connectivity index (χ3n) is 5.16. The lowest BCUT2D eigenvalue weighted by Crippen LogP contribution is -2.34. The Labute approximate surface area is 143 Å². The highest BCUT2D eigenvalue weighted by atomic mass is 16.5. The first-order valence-corrected chi connectivity index (χ1v) is 8.62. The number of hydrogen-bond acceptors (Lipinski definition) is 5. The molecule has 2 heterocycles. The van der Waals surface area contributed by atoms with Gasteiger partial charge in [-0.1, -0.05) is 0 Å². The van der Waals surface area contributed by atoms with Crippen molar-refractivity contribution in [1.29, 1.82) is 0 Å². The number of hydrogen-bond donors (Lipinski definition) is 0. The highest BCUT2D eigenvalue weighted by molar-refractivity contribution is 6.05. The van der Waals surface area contributed by atoms with Gasteiger partial charge in [-0.25, -0.2) is 4.79 Å². The van der Waals surface area contributed by atoms with Crippen LogP contribution in [0.2, 0.25) is 0 Å². The molecule has 0 amide bonds. The second-order valence-corrected chi connectivity index (χ2v) is 6.92. The molecular formula is C19H25NO4. The lowest BCUT2D eigenvalue weighted by atomic mass is 9.98. The SMILES string of the molecule is COC1(C)CC2=C(CCCN2CCCC=C2C=C(C)C(=O)O2)C1=O. The first-order valence-electron chi connectivity index (χ1n) is 8.62. The second kappa shape index (κ2) is 6.55. The van der Waals surface area contributed by atoms with Crippen LogP contribution < -0.4 is 0 Å². The summed E-state index contributed by atoms with van der Waals surface area (Å²) in [7, 11) is 1.62. The van der Waals surface area contributed by atoms with Crippen molar-refractivity contribution in [2.24, 2.45) is 0 Å². The van der Waals surface area contributed by atoms with Crippen LogP contribution in [0.15, 0.2) is 34.8 Å². The Bertz CT molecular complexity index is 658. The van der Waals surface area contributed by atoms with Crippen LogP contribution in [-0.4, -0.2) is 42.5 Å². The zero-order valence-corrected chi connectivity index (χ0v) is 14.7. The summed E-state index contributed by atoms with van der Waals surface area (Å²) < 4.78 is 10.6. The number of cyclic esters (lactones) is 1. The van der Waals surface area contributed by atoms with E-state index in [1.54, 1.807) is 20.1 Å². The van der Waals surface area contributed by atoms with Crippen LogP contribution in [0.25, 0.3) is 0 Å². The van der Waals surface area contributed by atoms with E-state index in [1.807, 2.05) is 13.0 Å². The number of Topliss-reactive ketones (excluding diaryl/α,β-unsaturated/α-hetero) is 1. The van der Waals surface area contributed by atoms with E-state index in [9.17, 15) is 9.59 Å². The van der Waals surface area contributed by atoms with Gasteiger partial charge in [-0.2, -0.15) is 0 Å². The zero-order chi connectivity index (χ0) is 17.3. The summed E-state index contributed by atoms with van der Waals surface area (Å²) in [4.78, 5) is 26.2. The van der Waals surface area contributed by atoms with Crippen molar-refractivity contribution in [1.82, 2.24) is 4.90 Å². The number of unbranched alkanes of at least 4 members (excludes halogenated alkanes) is 1. The van der Waals surface area contributed by atoms with Gasteiger partial charge in [0.05, 0.1) is 0 Å². The number of carbonyl (C=O) groups excluding carboxylic acids is 2. The second-order valence-electron chi connectivity index (χ2n) is 6.92. The Morgan fingerprint density at radius 3 is 2.88 bits per heavy atom. The van der Waals surface area contributed by atoms with Gasteiger partial charge in [0.1, 0.15) is 11.4 Å². The number of rotatable bonds is 5. The van der Waals surface area contributed by atoms with Gasteiger partial charge in [0.2, 0.25) is 0 Å². The Kier molecular flexibility index (Phi) is 4.63. The number of allylic oxidation sites excluding steroid dienone is 2. The van der Waals surface area contributed by atoms with Crippen molar-refractivity contribution in [2.75, 3.05) is 20.2 Å². The highest BCUT2D eigenvalue weighted by Crippen LogP contribution is 2.40. The Balaban J connectivity index is 1.57. The van der Waals surface area contributed by atoms with E-state index < -0.39 is 5.60 Å². The van der Waals surface area contributed by atoms with Crippen LogP contribution in [0.4, 0.5) is 0 Å². The van der Waals surface area contributed by atoms with Crippen molar-refractivity contribution >= 4 is 11.8 Å². The van der Waals surface area contributed by atoms with Crippen molar-refractivity contribution < 1.29 is 19.1 Å². The lowest BCUT2D eigenvalue weighted by molar-refractivity contribution is -0.133. The number of esters is 1. The van der Waals surface area contributed by atoms with E-state index in [-0.39, 0.29) is 11.8 Å². The fourth-order valence-electron chi connectivity index (χ4n) is 3.63. The molecule has 130 valence electrons. The Hall–Kier alpha value is -1.88. The number of carbonyl (C=O) groups is 2. The molecule has 24 heavy (non-hydrogen) atoms. The van der Waals surface area contributed by atoms with E-state index in [0.29, 0.717) is 17.8 Å². The fourth-order valence-corrected chi connectivity index (χ4v) is 3.63. The number of ketones is 1.